The molecule has 0 bridgehead atoms. The van der Waals surface area contributed by atoms with E-state index in [9.17, 15) is 14.4 Å². The van der Waals surface area contributed by atoms with E-state index < -0.39 is 36.3 Å². The zero-order valence-electron chi connectivity index (χ0n) is 22.6. The van der Waals surface area contributed by atoms with E-state index >= 15 is 0 Å². The van der Waals surface area contributed by atoms with Gasteiger partial charge >= 0.3 is 5.97 Å². The molecule has 3 aromatic carbocycles. The molecule has 1 saturated heterocycles. The highest BCUT2D eigenvalue weighted by atomic mass is 16.5. The van der Waals surface area contributed by atoms with E-state index in [1.54, 1.807) is 48.4 Å². The number of rotatable bonds is 9. The summed E-state index contributed by atoms with van der Waals surface area (Å²) in [5.74, 6) is -0.831. The molecule has 39 heavy (non-hydrogen) atoms. The highest BCUT2D eigenvalue weighted by Crippen LogP contribution is 2.44. The molecule has 8 nitrogen and oxygen atoms in total. The zero-order valence-corrected chi connectivity index (χ0v) is 22.6. The molecule has 1 aliphatic heterocycles. The Labute approximate surface area is 228 Å². The lowest BCUT2D eigenvalue weighted by Gasteiger charge is -2.30. The molecular weight excluding hydrogens is 496 g/mol. The number of nitrogens with zero attached hydrogens (tertiary/aromatic N) is 1. The van der Waals surface area contributed by atoms with Crippen molar-refractivity contribution < 1.29 is 28.6 Å². The fraction of sp³-hybridized carbons (Fsp3) is 0.323. The number of carbonyl (C=O) groups is 3. The summed E-state index contributed by atoms with van der Waals surface area (Å²) in [7, 11) is 2.87. The molecule has 204 valence electrons. The molecule has 5 atom stereocenters. The monoisotopic (exact) mass is 530 g/mol. The van der Waals surface area contributed by atoms with Crippen LogP contribution in [-0.2, 0) is 19.1 Å². The molecule has 1 fully saturated rings. The van der Waals surface area contributed by atoms with Gasteiger partial charge in [0.05, 0.1) is 20.3 Å². The van der Waals surface area contributed by atoms with E-state index in [0.717, 1.165) is 5.56 Å². The fourth-order valence-electron chi connectivity index (χ4n) is 4.76. The van der Waals surface area contributed by atoms with E-state index in [0.29, 0.717) is 23.3 Å². The van der Waals surface area contributed by atoms with E-state index in [4.69, 9.17) is 14.2 Å². The van der Waals surface area contributed by atoms with Crippen LogP contribution in [0.15, 0.2) is 84.9 Å². The van der Waals surface area contributed by atoms with Crippen molar-refractivity contribution in [1.29, 1.82) is 0 Å². The van der Waals surface area contributed by atoms with Crippen LogP contribution < -0.4 is 10.1 Å². The third kappa shape index (κ3) is 5.96. The van der Waals surface area contributed by atoms with Gasteiger partial charge in [0.15, 0.2) is 12.3 Å². The lowest BCUT2D eigenvalue weighted by Crippen LogP contribution is -2.50. The summed E-state index contributed by atoms with van der Waals surface area (Å²) >= 11 is 0. The summed E-state index contributed by atoms with van der Waals surface area (Å²) in [6.07, 6.45) is -1.31. The summed E-state index contributed by atoms with van der Waals surface area (Å²) in [4.78, 5) is 42.1. The maximum Gasteiger partial charge on any atom is 0.328 e. The summed E-state index contributed by atoms with van der Waals surface area (Å²) < 4.78 is 16.7. The van der Waals surface area contributed by atoms with E-state index in [-0.39, 0.29) is 11.8 Å². The van der Waals surface area contributed by atoms with Crippen molar-refractivity contribution in [3.63, 3.8) is 0 Å². The number of amides is 2. The summed E-state index contributed by atoms with van der Waals surface area (Å²) in [5.41, 5.74) is 1.88. The van der Waals surface area contributed by atoms with Gasteiger partial charge in [-0.25, -0.2) is 4.79 Å². The fourth-order valence-corrected chi connectivity index (χ4v) is 4.76. The Bertz CT molecular complexity index is 1270. The van der Waals surface area contributed by atoms with Crippen LogP contribution >= 0.6 is 0 Å². The molecule has 4 rings (SSSR count). The normalized spacial score (nSPS) is 20.1. The van der Waals surface area contributed by atoms with Crippen LogP contribution in [0.3, 0.4) is 0 Å². The maximum atomic E-state index is 14.1. The van der Waals surface area contributed by atoms with Gasteiger partial charge in [-0.3, -0.25) is 14.5 Å². The average molecular weight is 531 g/mol. The van der Waals surface area contributed by atoms with E-state index in [1.165, 1.54) is 7.11 Å². The second-order valence-corrected chi connectivity index (χ2v) is 9.51. The van der Waals surface area contributed by atoms with Gasteiger partial charge in [0, 0.05) is 11.1 Å². The third-order valence-electron chi connectivity index (χ3n) is 7.14. The SMILES string of the molecule is CCC(C)C(NC(=O)[C@H]1OC(c2ccc(OC)cc2)N(C(=O)c2ccccc2)[C@@H]1c1ccccc1)C(=O)OC. The predicted molar refractivity (Wildman–Crippen MR) is 146 cm³/mol. The molecular formula is C31H34N2O6. The minimum absolute atomic E-state index is 0.169. The summed E-state index contributed by atoms with van der Waals surface area (Å²) in [6, 6.07) is 23.8. The topological polar surface area (TPSA) is 94.2 Å². The van der Waals surface area contributed by atoms with E-state index in [1.807, 2.05) is 62.4 Å². The van der Waals surface area contributed by atoms with Crippen molar-refractivity contribution in [1.82, 2.24) is 10.2 Å². The van der Waals surface area contributed by atoms with Crippen molar-refractivity contribution >= 4 is 17.8 Å². The first-order chi connectivity index (χ1) is 18.9. The molecule has 8 heteroatoms. The third-order valence-corrected chi connectivity index (χ3v) is 7.14. The number of ether oxygens (including phenoxy) is 3. The van der Waals surface area contributed by atoms with Crippen molar-refractivity contribution in [3.8, 4) is 5.75 Å². The molecule has 0 radical (unpaired) electrons. The quantitative estimate of drug-likeness (QED) is 0.404. The number of hydrogen-bond donors (Lipinski definition) is 1. The molecule has 0 aliphatic carbocycles. The standard InChI is InChI=1S/C31H34N2O6/c1-5-20(2)25(31(36)38-4)32-28(34)27-26(21-12-8-6-9-13-21)33(29(35)22-14-10-7-11-15-22)30(39-27)23-16-18-24(37-3)19-17-23/h6-20,25-27,30H,5H2,1-4H3,(H,32,34)/t20?,25?,26-,27+,30?/m1/s1. The highest BCUT2D eigenvalue weighted by molar-refractivity contribution is 5.96. The van der Waals surface area contributed by atoms with Crippen molar-refractivity contribution in [2.24, 2.45) is 5.92 Å². The Morgan fingerprint density at radius 3 is 2.08 bits per heavy atom. The van der Waals surface area contributed by atoms with Gasteiger partial charge in [-0.15, -0.1) is 0 Å². The Balaban J connectivity index is 1.80. The second-order valence-electron chi connectivity index (χ2n) is 9.51. The van der Waals surface area contributed by atoms with Crippen LogP contribution in [0.4, 0.5) is 0 Å². The minimum atomic E-state index is -1.09. The summed E-state index contributed by atoms with van der Waals surface area (Å²) in [6.45, 7) is 3.81. The Hall–Kier alpha value is -4.17. The van der Waals surface area contributed by atoms with Crippen LogP contribution in [0.25, 0.3) is 0 Å². The van der Waals surface area contributed by atoms with Crippen LogP contribution in [0.1, 0.15) is 54.0 Å². The van der Waals surface area contributed by atoms with Gasteiger partial charge in [-0.2, -0.15) is 0 Å². The number of carbonyl (C=O) groups excluding carboxylic acids is 3. The molecule has 3 aromatic rings. The van der Waals surface area contributed by atoms with Crippen molar-refractivity contribution in [2.45, 2.75) is 44.7 Å². The molecule has 2 amide bonds. The zero-order chi connectivity index (χ0) is 27.9. The summed E-state index contributed by atoms with van der Waals surface area (Å²) in [5, 5.41) is 2.85. The van der Waals surface area contributed by atoms with Crippen molar-refractivity contribution in [3.05, 3.63) is 102 Å². The van der Waals surface area contributed by atoms with Crippen LogP contribution in [0.2, 0.25) is 0 Å². The molecule has 0 saturated carbocycles. The largest absolute Gasteiger partial charge is 0.497 e. The lowest BCUT2D eigenvalue weighted by atomic mass is 9.96. The first-order valence-electron chi connectivity index (χ1n) is 13.0. The predicted octanol–water partition coefficient (Wildman–Crippen LogP) is 4.68. The molecule has 1 heterocycles. The minimum Gasteiger partial charge on any atom is -0.497 e. The first kappa shape index (κ1) is 27.9. The lowest BCUT2D eigenvalue weighted by molar-refractivity contribution is -0.148. The Kier molecular flexibility index (Phi) is 8.99. The Morgan fingerprint density at radius 2 is 1.51 bits per heavy atom. The Morgan fingerprint density at radius 1 is 0.897 bits per heavy atom. The average Bonchev–Trinajstić information content (AvgIpc) is 3.40. The van der Waals surface area contributed by atoms with E-state index in [2.05, 4.69) is 5.32 Å². The van der Waals surface area contributed by atoms with Crippen LogP contribution in [0, 0.1) is 5.92 Å². The molecule has 0 spiro atoms. The van der Waals surface area contributed by atoms with Crippen LogP contribution in [-0.4, -0.2) is 49.0 Å². The van der Waals surface area contributed by atoms with Crippen LogP contribution in [0.5, 0.6) is 5.75 Å². The van der Waals surface area contributed by atoms with Gasteiger partial charge in [0.1, 0.15) is 11.8 Å². The second kappa shape index (κ2) is 12.6. The van der Waals surface area contributed by atoms with Gasteiger partial charge in [0.2, 0.25) is 0 Å². The van der Waals surface area contributed by atoms with Gasteiger partial charge in [-0.05, 0) is 35.7 Å². The number of nitrogens with one attached hydrogen (secondary N) is 1. The highest BCUT2D eigenvalue weighted by Gasteiger charge is 2.50. The number of esters is 1. The first-order valence-corrected chi connectivity index (χ1v) is 13.0. The molecule has 1 N–H and O–H groups in total. The molecule has 0 aromatic heterocycles. The van der Waals surface area contributed by atoms with Gasteiger partial charge in [-0.1, -0.05) is 80.9 Å². The maximum absolute atomic E-state index is 14.1. The van der Waals surface area contributed by atoms with Crippen molar-refractivity contribution in [2.75, 3.05) is 14.2 Å². The van der Waals surface area contributed by atoms with Gasteiger partial charge < -0.3 is 19.5 Å². The van der Waals surface area contributed by atoms with Gasteiger partial charge in [0.25, 0.3) is 11.8 Å². The number of hydrogen-bond acceptors (Lipinski definition) is 6. The smallest absolute Gasteiger partial charge is 0.328 e. The molecule has 1 aliphatic rings. The number of benzene rings is 3. The number of methoxy groups -OCH3 is 2. The molecule has 3 unspecified atom stereocenters.